The van der Waals surface area contributed by atoms with Crippen molar-refractivity contribution in [3.8, 4) is 29.6 Å². The zero-order valence-corrected chi connectivity index (χ0v) is 18.9. The van der Waals surface area contributed by atoms with Crippen molar-refractivity contribution in [2.24, 2.45) is 0 Å². The van der Waals surface area contributed by atoms with Crippen LogP contribution in [0.3, 0.4) is 0 Å². The first kappa shape index (κ1) is 23.8. The minimum atomic E-state index is -0.541. The van der Waals surface area contributed by atoms with Crippen LogP contribution in [0.2, 0.25) is 0 Å². The van der Waals surface area contributed by atoms with E-state index in [0.717, 1.165) is 16.7 Å². The molecule has 0 aromatic heterocycles. The van der Waals surface area contributed by atoms with Crippen LogP contribution in [0.4, 0.5) is 10.5 Å². The normalized spacial score (nSPS) is 14.2. The highest BCUT2D eigenvalue weighted by molar-refractivity contribution is 8.18. The number of nitrogens with zero attached hydrogens (tertiary/aromatic N) is 1. The Morgan fingerprint density at radius 2 is 1.91 bits per heavy atom. The van der Waals surface area contributed by atoms with Gasteiger partial charge in [-0.2, -0.15) is 0 Å². The number of thioether (sulfide) groups is 1. The van der Waals surface area contributed by atoms with Gasteiger partial charge in [0.1, 0.15) is 18.9 Å². The summed E-state index contributed by atoms with van der Waals surface area (Å²) in [5.74, 6) is 2.96. The molecule has 3 rings (SSSR count). The van der Waals surface area contributed by atoms with Crippen LogP contribution in [0, 0.1) is 12.3 Å². The lowest BCUT2D eigenvalue weighted by atomic mass is 10.2. The van der Waals surface area contributed by atoms with Gasteiger partial charge in [-0.1, -0.05) is 12.0 Å². The molecular weight excluding hydrogens is 444 g/mol. The number of imide groups is 1. The Labute approximate surface area is 195 Å². The number of amides is 3. The summed E-state index contributed by atoms with van der Waals surface area (Å²) in [5, 5.41) is 2.14. The topological polar surface area (TPSA) is 94.2 Å². The predicted octanol–water partition coefficient (Wildman–Crippen LogP) is 3.78. The van der Waals surface area contributed by atoms with Crippen LogP contribution in [0.1, 0.15) is 12.5 Å². The van der Waals surface area contributed by atoms with E-state index in [1.807, 2.05) is 6.92 Å². The van der Waals surface area contributed by atoms with E-state index < -0.39 is 23.6 Å². The zero-order chi connectivity index (χ0) is 23.8. The predicted molar refractivity (Wildman–Crippen MR) is 126 cm³/mol. The summed E-state index contributed by atoms with van der Waals surface area (Å²) in [7, 11) is 1.54. The fourth-order valence-electron chi connectivity index (χ4n) is 2.93. The highest BCUT2D eigenvalue weighted by Crippen LogP contribution is 2.34. The summed E-state index contributed by atoms with van der Waals surface area (Å²) in [4.78, 5) is 38.6. The van der Waals surface area contributed by atoms with Crippen LogP contribution in [0.15, 0.2) is 47.4 Å². The number of nitrogens with one attached hydrogen (secondary N) is 1. The molecule has 0 unspecified atom stereocenters. The maximum Gasteiger partial charge on any atom is 0.294 e. The number of carbonyl (C=O) groups is 3. The molecule has 0 spiro atoms. The molecule has 170 valence electrons. The second-order valence-electron chi connectivity index (χ2n) is 6.68. The first-order chi connectivity index (χ1) is 15.9. The first-order valence-electron chi connectivity index (χ1n) is 9.97. The van der Waals surface area contributed by atoms with E-state index in [9.17, 15) is 14.4 Å². The maximum absolute atomic E-state index is 12.8. The largest absolute Gasteiger partial charge is 0.497 e. The van der Waals surface area contributed by atoms with Gasteiger partial charge in [0.25, 0.3) is 11.1 Å². The molecule has 1 N–H and O–H groups in total. The molecule has 1 heterocycles. The molecular formula is C24H22N2O6S. The third-order valence-corrected chi connectivity index (χ3v) is 5.33. The van der Waals surface area contributed by atoms with E-state index in [1.54, 1.807) is 55.7 Å². The molecule has 8 nitrogen and oxygen atoms in total. The number of hydrogen-bond acceptors (Lipinski definition) is 7. The van der Waals surface area contributed by atoms with Crippen molar-refractivity contribution >= 4 is 40.6 Å². The van der Waals surface area contributed by atoms with Crippen molar-refractivity contribution in [3.05, 3.63) is 52.9 Å². The molecule has 1 fully saturated rings. The molecule has 9 heteroatoms. The number of ether oxygens (including phenoxy) is 3. The van der Waals surface area contributed by atoms with E-state index in [0.29, 0.717) is 35.1 Å². The molecule has 1 aliphatic heterocycles. The van der Waals surface area contributed by atoms with Gasteiger partial charge in [0.2, 0.25) is 5.91 Å². The van der Waals surface area contributed by atoms with Gasteiger partial charge >= 0.3 is 0 Å². The summed E-state index contributed by atoms with van der Waals surface area (Å²) in [5.41, 5.74) is 1.17. The molecule has 1 aliphatic rings. The van der Waals surface area contributed by atoms with E-state index in [1.165, 1.54) is 0 Å². The van der Waals surface area contributed by atoms with Crippen LogP contribution < -0.4 is 19.5 Å². The van der Waals surface area contributed by atoms with E-state index in [-0.39, 0.29) is 11.5 Å². The van der Waals surface area contributed by atoms with Crippen molar-refractivity contribution in [2.75, 3.05) is 32.2 Å². The molecule has 33 heavy (non-hydrogen) atoms. The fourth-order valence-corrected chi connectivity index (χ4v) is 3.77. The molecule has 0 aliphatic carbocycles. The second-order valence-corrected chi connectivity index (χ2v) is 7.67. The number of terminal acetylenes is 1. The molecule has 0 bridgehead atoms. The summed E-state index contributed by atoms with van der Waals surface area (Å²) in [6.45, 7) is 1.95. The van der Waals surface area contributed by atoms with E-state index in [4.69, 9.17) is 20.6 Å². The van der Waals surface area contributed by atoms with Crippen LogP contribution in [0.25, 0.3) is 6.08 Å². The van der Waals surface area contributed by atoms with Crippen molar-refractivity contribution in [3.63, 3.8) is 0 Å². The zero-order valence-electron chi connectivity index (χ0n) is 18.1. The standard InChI is InChI=1S/C24H22N2O6S/c1-4-12-32-19-11-6-16(13-20(19)31-5-2)14-21-23(28)26(24(29)33-21)15-22(27)25-17-7-9-18(30-3)10-8-17/h1,6-11,13-14H,5,12,15H2,2-3H3,(H,25,27)/b21-14+. The fraction of sp³-hybridized carbons (Fsp3) is 0.208. The monoisotopic (exact) mass is 466 g/mol. The van der Waals surface area contributed by atoms with Crippen molar-refractivity contribution in [1.82, 2.24) is 4.90 Å². The molecule has 0 radical (unpaired) electrons. The van der Waals surface area contributed by atoms with Gasteiger partial charge < -0.3 is 19.5 Å². The third-order valence-electron chi connectivity index (χ3n) is 4.43. The smallest absolute Gasteiger partial charge is 0.294 e. The Morgan fingerprint density at radius 3 is 2.58 bits per heavy atom. The Morgan fingerprint density at radius 1 is 1.15 bits per heavy atom. The van der Waals surface area contributed by atoms with Gasteiger partial charge in [-0.15, -0.1) is 6.42 Å². The lowest BCUT2D eigenvalue weighted by Gasteiger charge is -2.13. The van der Waals surface area contributed by atoms with Gasteiger partial charge in [-0.05, 0) is 66.7 Å². The molecule has 0 saturated carbocycles. The van der Waals surface area contributed by atoms with Crippen molar-refractivity contribution in [2.45, 2.75) is 6.92 Å². The highest BCUT2D eigenvalue weighted by atomic mass is 32.2. The minimum absolute atomic E-state index is 0.0941. The number of rotatable bonds is 9. The number of carbonyl (C=O) groups excluding carboxylic acids is 3. The molecule has 1 saturated heterocycles. The SMILES string of the molecule is C#CCOc1ccc(/C=C2/SC(=O)N(CC(=O)Nc3ccc(OC)cc3)C2=O)cc1OCC. The van der Waals surface area contributed by atoms with E-state index >= 15 is 0 Å². The van der Waals surface area contributed by atoms with Gasteiger partial charge in [-0.3, -0.25) is 19.3 Å². The Bertz CT molecular complexity index is 1120. The van der Waals surface area contributed by atoms with Crippen molar-refractivity contribution < 1.29 is 28.6 Å². The van der Waals surface area contributed by atoms with Crippen molar-refractivity contribution in [1.29, 1.82) is 0 Å². The van der Waals surface area contributed by atoms with Crippen LogP contribution in [-0.4, -0.2) is 48.8 Å². The molecule has 2 aromatic carbocycles. The van der Waals surface area contributed by atoms with Crippen LogP contribution in [-0.2, 0) is 9.59 Å². The summed E-state index contributed by atoms with van der Waals surface area (Å²) in [6, 6.07) is 11.8. The highest BCUT2D eigenvalue weighted by Gasteiger charge is 2.36. The van der Waals surface area contributed by atoms with Gasteiger partial charge in [-0.25, -0.2) is 0 Å². The number of anilines is 1. The molecule has 3 amide bonds. The maximum atomic E-state index is 12.8. The number of benzene rings is 2. The summed E-state index contributed by atoms with van der Waals surface area (Å²) >= 11 is 0.771. The third kappa shape index (κ3) is 6.08. The first-order valence-corrected chi connectivity index (χ1v) is 10.8. The number of hydrogen-bond donors (Lipinski definition) is 1. The lowest BCUT2D eigenvalue weighted by molar-refractivity contribution is -0.127. The summed E-state index contributed by atoms with van der Waals surface area (Å²) < 4.78 is 16.1. The quantitative estimate of drug-likeness (QED) is 0.444. The average molecular weight is 467 g/mol. The number of methoxy groups -OCH3 is 1. The van der Waals surface area contributed by atoms with Crippen LogP contribution >= 0.6 is 11.8 Å². The lowest BCUT2D eigenvalue weighted by Crippen LogP contribution is -2.36. The average Bonchev–Trinajstić information content (AvgIpc) is 3.06. The summed E-state index contributed by atoms with van der Waals surface area (Å²) in [6.07, 6.45) is 6.80. The molecule has 2 aromatic rings. The van der Waals surface area contributed by atoms with Gasteiger partial charge in [0.15, 0.2) is 11.5 Å². The van der Waals surface area contributed by atoms with Gasteiger partial charge in [0.05, 0.1) is 18.6 Å². The minimum Gasteiger partial charge on any atom is -0.497 e. The Kier molecular flexibility index (Phi) is 8.00. The Hall–Kier alpha value is -3.90. The van der Waals surface area contributed by atoms with E-state index in [2.05, 4.69) is 11.2 Å². The second kappa shape index (κ2) is 11.1. The van der Waals surface area contributed by atoms with Gasteiger partial charge in [0, 0.05) is 5.69 Å². The Balaban J connectivity index is 1.70. The molecule has 0 atom stereocenters. The van der Waals surface area contributed by atoms with Crippen LogP contribution in [0.5, 0.6) is 17.2 Å².